The van der Waals surface area contributed by atoms with Crippen LogP contribution in [0.2, 0.25) is 0 Å². The third-order valence-electron chi connectivity index (χ3n) is 7.33. The van der Waals surface area contributed by atoms with E-state index in [1.807, 2.05) is 0 Å². The zero-order valence-corrected chi connectivity index (χ0v) is 9.10. The summed E-state index contributed by atoms with van der Waals surface area (Å²) in [7, 11) is 0. The van der Waals surface area contributed by atoms with Gasteiger partial charge in [-0.1, -0.05) is 0 Å². The molecule has 0 aromatic heterocycles. The minimum Gasteiger partial charge on any atom is -0.311 e. The molecule has 1 nitrogen and oxygen atoms in total. The van der Waals surface area contributed by atoms with Crippen molar-refractivity contribution in [2.75, 3.05) is 0 Å². The van der Waals surface area contributed by atoms with Crippen molar-refractivity contribution in [3.8, 4) is 0 Å². The molecule has 0 aliphatic heterocycles. The predicted molar refractivity (Wildman–Crippen MR) is 57.1 cm³/mol. The number of hydrogen-bond acceptors (Lipinski definition) is 1. The van der Waals surface area contributed by atoms with E-state index < -0.39 is 0 Å². The summed E-state index contributed by atoms with van der Waals surface area (Å²) >= 11 is 0. The number of nitrogens with one attached hydrogen (secondary N) is 1. The third kappa shape index (κ3) is 0.574. The van der Waals surface area contributed by atoms with Crippen molar-refractivity contribution in [3.05, 3.63) is 0 Å². The van der Waals surface area contributed by atoms with Crippen LogP contribution >= 0.6 is 0 Å². The molecule has 1 unspecified atom stereocenters. The number of hydrogen-bond donors (Lipinski definition) is 1. The average Bonchev–Trinajstić information content (AvgIpc) is 2.56. The lowest BCUT2D eigenvalue weighted by Gasteiger charge is -2.33. The maximum absolute atomic E-state index is 4.03. The van der Waals surface area contributed by atoms with Gasteiger partial charge in [0.15, 0.2) is 0 Å². The first-order valence-electron chi connectivity index (χ1n) is 7.19. The summed E-state index contributed by atoms with van der Waals surface area (Å²) in [4.78, 5) is 0. The van der Waals surface area contributed by atoms with E-state index in [1.165, 1.54) is 48.3 Å². The zero-order chi connectivity index (χ0) is 9.31. The first kappa shape index (κ1) is 7.32. The SMILES string of the molecule is C1CC1NC1[C@H]2[C@H]3C[C@@H]4[C@@H]5C[C@H]([C@H]1[C@@H]35)[C@H]42. The smallest absolute Gasteiger partial charge is 0.0137 e. The molecule has 0 heterocycles. The molecule has 7 aliphatic carbocycles. The van der Waals surface area contributed by atoms with Crippen LogP contribution < -0.4 is 5.32 Å². The first-order valence-corrected chi connectivity index (χ1v) is 7.19. The summed E-state index contributed by atoms with van der Waals surface area (Å²) in [6.07, 6.45) is 6.27. The van der Waals surface area contributed by atoms with E-state index in [4.69, 9.17) is 0 Å². The fourth-order valence-corrected chi connectivity index (χ4v) is 7.37. The Hall–Kier alpha value is -0.0400. The topological polar surface area (TPSA) is 12.0 Å². The molecule has 0 spiro atoms. The Morgan fingerprint density at radius 1 is 0.667 bits per heavy atom. The molecule has 1 N–H and O–H groups in total. The lowest BCUT2D eigenvalue weighted by atomic mass is 9.71. The maximum atomic E-state index is 4.03. The van der Waals surface area contributed by atoms with Gasteiger partial charge in [-0.15, -0.1) is 0 Å². The molecule has 0 aromatic carbocycles. The van der Waals surface area contributed by atoms with Crippen molar-refractivity contribution in [3.63, 3.8) is 0 Å². The maximum Gasteiger partial charge on any atom is 0.0137 e. The lowest BCUT2D eigenvalue weighted by molar-refractivity contribution is 0.132. The van der Waals surface area contributed by atoms with Gasteiger partial charge in [-0.2, -0.15) is 0 Å². The van der Waals surface area contributed by atoms with Crippen molar-refractivity contribution >= 4 is 0 Å². The minimum absolute atomic E-state index is 0.949. The normalized spacial score (nSPS) is 75.6. The Morgan fingerprint density at radius 3 is 1.80 bits per heavy atom. The fourth-order valence-electron chi connectivity index (χ4n) is 7.37. The van der Waals surface area contributed by atoms with Crippen LogP contribution in [0.1, 0.15) is 25.7 Å². The van der Waals surface area contributed by atoms with Crippen LogP contribution in [0, 0.1) is 47.3 Å². The molecule has 7 saturated carbocycles. The van der Waals surface area contributed by atoms with E-state index in [1.54, 1.807) is 12.8 Å². The average molecular weight is 201 g/mol. The van der Waals surface area contributed by atoms with E-state index in [-0.39, 0.29) is 0 Å². The van der Waals surface area contributed by atoms with Crippen molar-refractivity contribution in [1.82, 2.24) is 5.32 Å². The van der Waals surface area contributed by atoms with E-state index in [0.717, 1.165) is 23.9 Å². The summed E-state index contributed by atoms with van der Waals surface area (Å²) in [6, 6.07) is 1.95. The van der Waals surface area contributed by atoms with E-state index >= 15 is 0 Å². The molecule has 1 heteroatoms. The summed E-state index contributed by atoms with van der Waals surface area (Å²) in [5, 5.41) is 4.03. The molecule has 0 amide bonds. The quantitative estimate of drug-likeness (QED) is 0.719. The molecule has 7 rings (SSSR count). The van der Waals surface area contributed by atoms with Gasteiger partial charge in [0.2, 0.25) is 0 Å². The Kier molecular flexibility index (Phi) is 0.936. The fraction of sp³-hybridized carbons (Fsp3) is 1.00. The molecule has 0 saturated heterocycles. The molecule has 15 heavy (non-hydrogen) atoms. The molecule has 7 aliphatic rings. The minimum atomic E-state index is 0.949. The van der Waals surface area contributed by atoms with Gasteiger partial charge in [-0.25, -0.2) is 0 Å². The van der Waals surface area contributed by atoms with Crippen LogP contribution in [0.4, 0.5) is 0 Å². The lowest BCUT2D eigenvalue weighted by Crippen LogP contribution is -2.36. The monoisotopic (exact) mass is 201 g/mol. The van der Waals surface area contributed by atoms with Crippen molar-refractivity contribution in [2.45, 2.75) is 37.8 Å². The molecule has 6 bridgehead atoms. The zero-order valence-electron chi connectivity index (χ0n) is 9.10. The third-order valence-corrected chi connectivity index (χ3v) is 7.33. The van der Waals surface area contributed by atoms with Gasteiger partial charge in [-0.05, 0) is 73.0 Å². The van der Waals surface area contributed by atoms with Gasteiger partial charge in [-0.3, -0.25) is 0 Å². The highest BCUT2D eigenvalue weighted by molar-refractivity contribution is 5.29. The summed E-state index contributed by atoms with van der Waals surface area (Å²) < 4.78 is 0. The van der Waals surface area contributed by atoms with Crippen LogP contribution in [0.5, 0.6) is 0 Å². The van der Waals surface area contributed by atoms with Gasteiger partial charge < -0.3 is 5.32 Å². The van der Waals surface area contributed by atoms with Gasteiger partial charge in [0.1, 0.15) is 0 Å². The predicted octanol–water partition coefficient (Wildman–Crippen LogP) is 1.88. The number of rotatable bonds is 2. The summed E-state index contributed by atoms with van der Waals surface area (Å²) in [6.45, 7) is 0. The largest absolute Gasteiger partial charge is 0.311 e. The van der Waals surface area contributed by atoms with Gasteiger partial charge >= 0.3 is 0 Å². The Morgan fingerprint density at radius 2 is 1.27 bits per heavy atom. The molecule has 0 aromatic rings. The molecule has 7 fully saturated rings. The molecular weight excluding hydrogens is 182 g/mol. The molecule has 9 atom stereocenters. The Balaban J connectivity index is 1.50. The summed E-state index contributed by atoms with van der Waals surface area (Å²) in [5.74, 6) is 9.59. The standard InChI is InChI=1S/C14H19N/c1-2-5(1)15-14-12-8-3-6-7-4-9(10(6)12)13(14)11(7)8/h5-15H,1-4H2/t6-,7+,8-,9-,10+,11-,12-,13-,14?/m0/s1. The highest BCUT2D eigenvalue weighted by Crippen LogP contribution is 2.82. The second-order valence-corrected chi connectivity index (χ2v) is 7.40. The van der Waals surface area contributed by atoms with E-state index in [2.05, 4.69) is 5.32 Å². The Labute approximate surface area is 91.0 Å². The highest BCUT2D eigenvalue weighted by atomic mass is 15.1. The van der Waals surface area contributed by atoms with Crippen LogP contribution in [-0.4, -0.2) is 12.1 Å². The van der Waals surface area contributed by atoms with Crippen LogP contribution in [-0.2, 0) is 0 Å². The van der Waals surface area contributed by atoms with E-state index in [0.29, 0.717) is 0 Å². The molecule has 80 valence electrons. The van der Waals surface area contributed by atoms with Gasteiger partial charge in [0.25, 0.3) is 0 Å². The van der Waals surface area contributed by atoms with Crippen molar-refractivity contribution in [1.29, 1.82) is 0 Å². The Bertz CT molecular complexity index is 332. The first-order chi connectivity index (χ1) is 7.43. The van der Waals surface area contributed by atoms with Gasteiger partial charge in [0, 0.05) is 12.1 Å². The second-order valence-electron chi connectivity index (χ2n) is 7.40. The second kappa shape index (κ2) is 1.92. The van der Waals surface area contributed by atoms with Gasteiger partial charge in [0.05, 0.1) is 0 Å². The van der Waals surface area contributed by atoms with Crippen LogP contribution in [0.3, 0.4) is 0 Å². The molecule has 0 radical (unpaired) electrons. The summed E-state index contributed by atoms with van der Waals surface area (Å²) in [5.41, 5.74) is 0. The van der Waals surface area contributed by atoms with Crippen LogP contribution in [0.25, 0.3) is 0 Å². The van der Waals surface area contributed by atoms with E-state index in [9.17, 15) is 0 Å². The molecular formula is C14H19N. The van der Waals surface area contributed by atoms with Crippen LogP contribution in [0.15, 0.2) is 0 Å². The van der Waals surface area contributed by atoms with Crippen molar-refractivity contribution in [2.24, 2.45) is 47.3 Å². The highest BCUT2D eigenvalue weighted by Gasteiger charge is 2.80. The van der Waals surface area contributed by atoms with Crippen molar-refractivity contribution < 1.29 is 0 Å².